The average Bonchev–Trinajstić information content (AvgIpc) is 3.28. The van der Waals surface area contributed by atoms with Crippen LogP contribution in [0.1, 0.15) is 44.7 Å². The SMILES string of the molecule is Cc1ccc(S(=O)(=O)OC2C3OC4OC(C3OC(=O)[C@@]35CC[C@](C)(C(=O)O3)C5(C)C)C(OS(=O)(=O)c3ccc(C)cc3)C2O4)cc1. The molecule has 4 aliphatic heterocycles. The Kier molecular flexibility index (Phi) is 7.08. The van der Waals surface area contributed by atoms with Crippen molar-refractivity contribution >= 4 is 32.2 Å². The quantitative estimate of drug-likeness (QED) is 0.296. The van der Waals surface area contributed by atoms with Crippen molar-refractivity contribution < 1.29 is 58.5 Å². The van der Waals surface area contributed by atoms with E-state index in [4.69, 9.17) is 32.1 Å². The van der Waals surface area contributed by atoms with Gasteiger partial charge in [0.15, 0.2) is 6.10 Å². The molecule has 6 bridgehead atoms. The van der Waals surface area contributed by atoms with Crippen molar-refractivity contribution in [2.24, 2.45) is 10.8 Å². The number of benzene rings is 2. The predicted molar refractivity (Wildman–Crippen MR) is 155 cm³/mol. The Morgan fingerprint density at radius 3 is 1.54 bits per heavy atom. The lowest BCUT2D eigenvalue weighted by atomic mass is 9.66. The van der Waals surface area contributed by atoms with Gasteiger partial charge in [0.25, 0.3) is 26.7 Å². The van der Waals surface area contributed by atoms with Crippen LogP contribution in [0.25, 0.3) is 0 Å². The average molecular weight is 679 g/mol. The Bertz CT molecular complexity index is 1710. The lowest BCUT2D eigenvalue weighted by Gasteiger charge is -2.57. The van der Waals surface area contributed by atoms with Crippen molar-refractivity contribution in [2.45, 2.75) is 106 Å². The highest BCUT2D eigenvalue weighted by Crippen LogP contribution is 2.66. The first-order valence-corrected chi connectivity index (χ1v) is 17.7. The first-order valence-electron chi connectivity index (χ1n) is 14.9. The first kappa shape index (κ1) is 31.7. The number of hydrogen-bond donors (Lipinski definition) is 0. The van der Waals surface area contributed by atoms with Crippen LogP contribution >= 0.6 is 0 Å². The molecular weight excluding hydrogens is 644 g/mol. The molecule has 2 aromatic carbocycles. The van der Waals surface area contributed by atoms with Crippen LogP contribution < -0.4 is 0 Å². The highest BCUT2D eigenvalue weighted by Gasteiger charge is 2.77. The van der Waals surface area contributed by atoms with Gasteiger partial charge >= 0.3 is 11.9 Å². The van der Waals surface area contributed by atoms with Gasteiger partial charge in [-0.3, -0.25) is 13.2 Å². The molecule has 2 aromatic rings. The summed E-state index contributed by atoms with van der Waals surface area (Å²) in [6.07, 6.45) is -7.78. The molecule has 6 fully saturated rings. The fourth-order valence-electron chi connectivity index (χ4n) is 7.16. The van der Waals surface area contributed by atoms with Gasteiger partial charge in [-0.15, -0.1) is 0 Å². The minimum atomic E-state index is -4.47. The Hall–Kier alpha value is -2.92. The second kappa shape index (κ2) is 10.3. The summed E-state index contributed by atoms with van der Waals surface area (Å²) >= 11 is 0. The fourth-order valence-corrected chi connectivity index (χ4v) is 9.34. The topological polar surface area (TPSA) is 167 Å². The van der Waals surface area contributed by atoms with E-state index in [1.807, 2.05) is 0 Å². The second-order valence-electron chi connectivity index (χ2n) is 13.3. The molecule has 46 heavy (non-hydrogen) atoms. The molecular formula is C31H34O13S2. The number of ether oxygens (including phenoxy) is 5. The number of fused-ring (bicyclic) bond motifs is 2. The van der Waals surface area contributed by atoms with Crippen LogP contribution in [0, 0.1) is 24.7 Å². The number of rotatable bonds is 8. The third kappa shape index (κ3) is 4.50. The van der Waals surface area contributed by atoms with E-state index in [1.54, 1.807) is 58.9 Å². The summed E-state index contributed by atoms with van der Waals surface area (Å²) in [5.74, 6) is -1.42. The molecule has 15 heteroatoms. The maximum atomic E-state index is 14.1. The minimum Gasteiger partial charge on any atom is -0.454 e. The van der Waals surface area contributed by atoms with Crippen LogP contribution in [0.5, 0.6) is 0 Å². The van der Waals surface area contributed by atoms with E-state index in [1.165, 1.54) is 24.3 Å². The van der Waals surface area contributed by atoms with E-state index in [0.717, 1.165) is 11.1 Å². The Balaban J connectivity index is 1.25. The van der Waals surface area contributed by atoms with Crippen LogP contribution in [0.3, 0.4) is 0 Å². The van der Waals surface area contributed by atoms with E-state index < -0.39 is 91.7 Å². The van der Waals surface area contributed by atoms with Gasteiger partial charge in [-0.05, 0) is 57.9 Å². The summed E-state index contributed by atoms with van der Waals surface area (Å²) in [6.45, 7) is 7.49. The van der Waals surface area contributed by atoms with Gasteiger partial charge in [0.05, 0.1) is 15.2 Å². The number of aryl methyl sites for hydroxylation is 2. The van der Waals surface area contributed by atoms with E-state index in [9.17, 15) is 26.4 Å². The molecule has 0 spiro atoms. The lowest BCUT2D eigenvalue weighted by Crippen LogP contribution is -2.77. The molecule has 8 rings (SSSR count). The van der Waals surface area contributed by atoms with E-state index in [2.05, 4.69) is 0 Å². The van der Waals surface area contributed by atoms with Crippen molar-refractivity contribution in [3.8, 4) is 0 Å². The van der Waals surface area contributed by atoms with Gasteiger partial charge in [0.2, 0.25) is 5.60 Å². The van der Waals surface area contributed by atoms with Crippen molar-refractivity contribution in [1.29, 1.82) is 0 Å². The molecule has 0 amide bonds. The summed E-state index contributed by atoms with van der Waals surface area (Å²) in [7, 11) is -8.95. The van der Waals surface area contributed by atoms with Gasteiger partial charge in [-0.25, -0.2) is 4.79 Å². The molecule has 0 aromatic heterocycles. The monoisotopic (exact) mass is 678 g/mol. The third-order valence-corrected chi connectivity index (χ3v) is 13.1. The zero-order valence-corrected chi connectivity index (χ0v) is 27.3. The molecule has 6 aliphatic rings. The number of carbonyl (C=O) groups is 2. The molecule has 0 N–H and O–H groups in total. The summed E-state index contributed by atoms with van der Waals surface area (Å²) in [5.41, 5.74) is -1.90. The Morgan fingerprint density at radius 1 is 0.717 bits per heavy atom. The molecule has 2 aliphatic carbocycles. The van der Waals surface area contributed by atoms with E-state index >= 15 is 0 Å². The zero-order valence-electron chi connectivity index (χ0n) is 25.7. The molecule has 6 atom stereocenters. The highest BCUT2D eigenvalue weighted by molar-refractivity contribution is 7.87. The summed E-state index contributed by atoms with van der Waals surface area (Å²) < 4.78 is 94.5. The predicted octanol–water partition coefficient (Wildman–Crippen LogP) is 2.67. The Labute approximate surface area is 266 Å². The van der Waals surface area contributed by atoms with Gasteiger partial charge in [0, 0.05) is 5.41 Å². The Morgan fingerprint density at radius 2 is 1.15 bits per heavy atom. The summed E-state index contributed by atoms with van der Waals surface area (Å²) in [4.78, 5) is 26.6. The van der Waals surface area contributed by atoms with Crippen molar-refractivity contribution in [1.82, 2.24) is 0 Å². The van der Waals surface area contributed by atoms with Crippen molar-refractivity contribution in [3.05, 3.63) is 59.7 Å². The van der Waals surface area contributed by atoms with E-state index in [-0.39, 0.29) is 16.2 Å². The smallest absolute Gasteiger partial charge is 0.351 e. The molecule has 0 radical (unpaired) electrons. The zero-order chi connectivity index (χ0) is 33.0. The van der Waals surface area contributed by atoms with Gasteiger partial charge in [-0.2, -0.15) is 16.8 Å². The normalized spacial score (nSPS) is 37.3. The molecule has 2 saturated carbocycles. The molecule has 4 heterocycles. The first-order chi connectivity index (χ1) is 21.5. The van der Waals surface area contributed by atoms with Crippen LogP contribution in [0.4, 0.5) is 0 Å². The number of hydrogen-bond acceptors (Lipinski definition) is 13. The lowest BCUT2D eigenvalue weighted by molar-refractivity contribution is -0.476. The number of carbonyl (C=O) groups excluding carboxylic acids is 2. The van der Waals surface area contributed by atoms with Gasteiger partial charge in [-0.1, -0.05) is 49.2 Å². The van der Waals surface area contributed by atoms with Crippen LogP contribution in [0.15, 0.2) is 58.3 Å². The van der Waals surface area contributed by atoms with Crippen LogP contribution in [0.2, 0.25) is 0 Å². The van der Waals surface area contributed by atoms with Crippen LogP contribution in [-0.2, 0) is 61.9 Å². The maximum Gasteiger partial charge on any atom is 0.351 e. The molecule has 248 valence electrons. The molecule has 4 saturated heterocycles. The highest BCUT2D eigenvalue weighted by atomic mass is 32.2. The van der Waals surface area contributed by atoms with Gasteiger partial charge in [0.1, 0.15) is 30.5 Å². The summed E-state index contributed by atoms with van der Waals surface area (Å²) in [6, 6.07) is 11.8. The molecule has 13 nitrogen and oxygen atoms in total. The maximum absolute atomic E-state index is 14.1. The number of esters is 2. The fraction of sp³-hybridized carbons (Fsp3) is 0.548. The minimum absolute atomic E-state index is 0.162. The van der Waals surface area contributed by atoms with Gasteiger partial charge < -0.3 is 23.7 Å². The van der Waals surface area contributed by atoms with Crippen molar-refractivity contribution in [3.63, 3.8) is 0 Å². The third-order valence-electron chi connectivity index (χ3n) is 10.5. The second-order valence-corrected chi connectivity index (χ2v) is 16.4. The van der Waals surface area contributed by atoms with Crippen molar-refractivity contribution in [2.75, 3.05) is 0 Å². The summed E-state index contributed by atoms with van der Waals surface area (Å²) in [5, 5.41) is 0. The largest absolute Gasteiger partial charge is 0.454 e. The van der Waals surface area contributed by atoms with Crippen LogP contribution in [-0.4, -0.2) is 77.5 Å². The standard InChI is InChI=1S/C31H34O13S2/c1-16-6-10-18(11-7-16)45(34,35)43-24-21-20(38-27(33)31-15-14-30(5,26(32)42-31)29(31,3)4)22-25(23(24)41-28(39-21)40-22)44-46(36,37)19-12-8-17(2)9-13-19/h6-13,20-25,28H,14-15H2,1-5H3/t20?,21?,22?,23?,24?,25?,28?,30-,31-/m1/s1. The molecule has 4 unspecified atom stereocenters. The van der Waals surface area contributed by atoms with E-state index in [0.29, 0.717) is 6.42 Å².